The first kappa shape index (κ1) is 12.5. The minimum atomic E-state index is -4.29. The molecule has 0 aliphatic rings. The van der Waals surface area contributed by atoms with Crippen molar-refractivity contribution >= 4 is 22.6 Å². The number of allylic oxidation sites excluding steroid dienone is 1. The summed E-state index contributed by atoms with van der Waals surface area (Å²) in [6.45, 7) is 5.27. The normalized spacial score (nSPS) is 11.9. The van der Waals surface area contributed by atoms with E-state index in [1.54, 1.807) is 19.1 Å². The van der Waals surface area contributed by atoms with Gasteiger partial charge < -0.3 is 0 Å². The van der Waals surface area contributed by atoms with Crippen LogP contribution in [-0.4, -0.2) is 0 Å². The van der Waals surface area contributed by atoms with Gasteiger partial charge in [0.25, 0.3) is 0 Å². The predicted octanol–water partition coefficient (Wildman–Crippen LogP) is 4.44. The van der Waals surface area contributed by atoms with Crippen molar-refractivity contribution in [1.29, 1.82) is 0 Å². The second-order valence-corrected chi connectivity index (χ2v) is 4.36. The van der Waals surface area contributed by atoms with Gasteiger partial charge in [0.1, 0.15) is 0 Å². The Morgan fingerprint density at radius 1 is 1.33 bits per heavy atom. The molecule has 1 rings (SSSR count). The van der Waals surface area contributed by atoms with Gasteiger partial charge in [0.2, 0.25) is 0 Å². The van der Waals surface area contributed by atoms with Crippen molar-refractivity contribution in [3.8, 4) is 0 Å². The van der Waals surface area contributed by atoms with Crippen LogP contribution in [0, 0.1) is 9.49 Å². The van der Waals surface area contributed by atoms with Gasteiger partial charge in [-0.1, -0.05) is 13.0 Å². The van der Waals surface area contributed by atoms with E-state index in [0.717, 1.165) is 18.1 Å². The van der Waals surface area contributed by atoms with E-state index in [9.17, 15) is 13.2 Å². The molecule has 0 amide bonds. The van der Waals surface area contributed by atoms with E-state index in [2.05, 4.69) is 6.58 Å². The maximum absolute atomic E-state index is 12.5. The average Bonchev–Trinajstić information content (AvgIpc) is 2.14. The first-order valence-corrected chi connectivity index (χ1v) is 5.26. The van der Waals surface area contributed by atoms with Gasteiger partial charge in [0.15, 0.2) is 0 Å². The molecule has 0 aliphatic carbocycles. The van der Waals surface area contributed by atoms with Crippen LogP contribution < -0.4 is 0 Å². The topological polar surface area (TPSA) is 0 Å². The van der Waals surface area contributed by atoms with Crippen molar-refractivity contribution in [2.45, 2.75) is 13.1 Å². The molecule has 0 atom stereocenters. The van der Waals surface area contributed by atoms with Crippen LogP contribution in [0.3, 0.4) is 0 Å². The van der Waals surface area contributed by atoms with Crippen LogP contribution in [0.25, 0.3) is 0 Å². The first-order chi connectivity index (χ1) is 6.84. The molecule has 0 saturated carbocycles. The quantitative estimate of drug-likeness (QED) is 0.705. The van der Waals surface area contributed by atoms with E-state index in [4.69, 9.17) is 0 Å². The number of hydrogen-bond acceptors (Lipinski definition) is 0. The molecule has 1 aromatic rings. The van der Waals surface area contributed by atoms with Crippen molar-refractivity contribution in [2.24, 2.45) is 0 Å². The van der Waals surface area contributed by atoms with Crippen molar-refractivity contribution in [3.63, 3.8) is 0 Å². The largest absolute Gasteiger partial charge is 0.416 e. The summed E-state index contributed by atoms with van der Waals surface area (Å²) >= 11 is 1.87. The molecule has 0 heterocycles. The fourth-order valence-corrected chi connectivity index (χ4v) is 1.77. The second kappa shape index (κ2) is 4.55. The third-order valence-corrected chi connectivity index (χ3v) is 2.61. The van der Waals surface area contributed by atoms with Gasteiger partial charge in [-0.15, -0.1) is 6.58 Å². The van der Waals surface area contributed by atoms with Crippen LogP contribution in [0.15, 0.2) is 30.9 Å². The predicted molar refractivity (Wildman–Crippen MR) is 62.4 cm³/mol. The van der Waals surface area contributed by atoms with Gasteiger partial charge in [-0.3, -0.25) is 0 Å². The van der Waals surface area contributed by atoms with E-state index >= 15 is 0 Å². The standard InChI is InChI=1S/C11H9F3I/c1-3-7(2)8-4-9(11(12,13)14)6-10(15)5-8/h3-6H,1H2,2H3. The maximum atomic E-state index is 12.5. The van der Waals surface area contributed by atoms with Crippen molar-refractivity contribution in [2.75, 3.05) is 0 Å². The molecule has 0 fully saturated rings. The van der Waals surface area contributed by atoms with Crippen molar-refractivity contribution in [1.82, 2.24) is 0 Å². The zero-order chi connectivity index (χ0) is 11.6. The van der Waals surface area contributed by atoms with Gasteiger partial charge in [-0.25, -0.2) is 0 Å². The Hall–Kier alpha value is -0.520. The Bertz CT molecular complexity index is 369. The van der Waals surface area contributed by atoms with Gasteiger partial charge in [-0.05, 0) is 46.4 Å². The molecule has 4 heteroatoms. The molecule has 1 radical (unpaired) electrons. The van der Waals surface area contributed by atoms with Crippen LogP contribution in [0.5, 0.6) is 0 Å². The smallest absolute Gasteiger partial charge is 0.166 e. The fourth-order valence-electron chi connectivity index (χ4n) is 1.10. The average molecular weight is 325 g/mol. The monoisotopic (exact) mass is 325 g/mol. The van der Waals surface area contributed by atoms with Crippen molar-refractivity contribution in [3.05, 3.63) is 51.5 Å². The lowest BCUT2D eigenvalue weighted by Gasteiger charge is -2.12. The van der Waals surface area contributed by atoms with Crippen molar-refractivity contribution < 1.29 is 13.2 Å². The Balaban J connectivity index is 3.22. The molecule has 1 aromatic carbocycles. The number of benzene rings is 1. The molecule has 0 aromatic heterocycles. The molecule has 0 N–H and O–H groups in total. The molecule has 0 unspecified atom stereocenters. The highest BCUT2D eigenvalue weighted by Crippen LogP contribution is 2.32. The highest BCUT2D eigenvalue weighted by molar-refractivity contribution is 14.1. The number of rotatable bonds is 2. The van der Waals surface area contributed by atoms with Gasteiger partial charge in [-0.2, -0.15) is 13.2 Å². The van der Waals surface area contributed by atoms with E-state index in [1.165, 1.54) is 0 Å². The Kier molecular flexibility index (Phi) is 3.81. The van der Waals surface area contributed by atoms with Crippen LogP contribution in [-0.2, 0) is 6.18 Å². The summed E-state index contributed by atoms with van der Waals surface area (Å²) in [6.07, 6.45) is -2.75. The lowest BCUT2D eigenvalue weighted by atomic mass is 9.99. The third kappa shape index (κ3) is 3.22. The first-order valence-electron chi connectivity index (χ1n) is 4.18. The number of hydrogen-bond donors (Lipinski definition) is 0. The van der Waals surface area contributed by atoms with Gasteiger partial charge >= 0.3 is 6.18 Å². The summed E-state index contributed by atoms with van der Waals surface area (Å²) in [5.74, 6) is 0.735. The molecule has 81 valence electrons. The molecular weight excluding hydrogens is 316 g/mol. The highest BCUT2D eigenvalue weighted by atomic mass is 127. The second-order valence-electron chi connectivity index (χ2n) is 3.11. The number of halogens is 4. The zero-order valence-corrected chi connectivity index (χ0v) is 10.2. The van der Waals surface area contributed by atoms with Crippen LogP contribution in [0.4, 0.5) is 13.2 Å². The highest BCUT2D eigenvalue weighted by Gasteiger charge is 2.31. The summed E-state index contributed by atoms with van der Waals surface area (Å²) in [5.41, 5.74) is -0.0603. The van der Waals surface area contributed by atoms with E-state index in [0.29, 0.717) is 9.13 Å². The lowest BCUT2D eigenvalue weighted by molar-refractivity contribution is -0.137. The molecule has 0 bridgehead atoms. The number of alkyl halides is 3. The van der Waals surface area contributed by atoms with Crippen LogP contribution in [0.2, 0.25) is 0 Å². The fraction of sp³-hybridized carbons (Fsp3) is 0.182. The van der Waals surface area contributed by atoms with Crippen LogP contribution >= 0.6 is 22.6 Å². The Morgan fingerprint density at radius 2 is 1.93 bits per heavy atom. The molecule has 0 nitrogen and oxygen atoms in total. The molecule has 15 heavy (non-hydrogen) atoms. The molecular formula is C11H9F3I. The third-order valence-electron chi connectivity index (χ3n) is 1.99. The van der Waals surface area contributed by atoms with E-state index in [-0.39, 0.29) is 0 Å². The van der Waals surface area contributed by atoms with E-state index in [1.807, 2.05) is 22.6 Å². The van der Waals surface area contributed by atoms with E-state index < -0.39 is 11.7 Å². The molecule has 0 saturated heterocycles. The minimum Gasteiger partial charge on any atom is -0.166 e. The summed E-state index contributed by atoms with van der Waals surface area (Å²) in [5, 5.41) is 0. The van der Waals surface area contributed by atoms with Crippen LogP contribution in [0.1, 0.15) is 18.1 Å². The summed E-state index contributed by atoms with van der Waals surface area (Å²) in [4.78, 5) is 0. The molecule has 0 aliphatic heterocycles. The van der Waals surface area contributed by atoms with Gasteiger partial charge in [0, 0.05) is 9.49 Å². The lowest BCUT2D eigenvalue weighted by Crippen LogP contribution is -2.06. The Labute approximate surface area is 100 Å². The summed E-state index contributed by atoms with van der Waals surface area (Å²) < 4.78 is 38.0. The van der Waals surface area contributed by atoms with Gasteiger partial charge in [0.05, 0.1) is 5.56 Å². The summed E-state index contributed by atoms with van der Waals surface area (Å²) in [6, 6.07) is 3.96. The summed E-state index contributed by atoms with van der Waals surface area (Å²) in [7, 11) is 0. The minimum absolute atomic E-state index is 0.559. The SMILES string of the molecule is C=C[C](C)c1cc(I)cc(C(F)(F)F)c1. The molecule has 0 spiro atoms. The Morgan fingerprint density at radius 3 is 2.40 bits per heavy atom. The zero-order valence-electron chi connectivity index (χ0n) is 8.03. The maximum Gasteiger partial charge on any atom is 0.416 e.